The third-order valence-electron chi connectivity index (χ3n) is 3.02. The topological polar surface area (TPSA) is 59.4 Å². The average Bonchev–Trinajstić information content (AvgIpc) is 2.45. The van der Waals surface area contributed by atoms with E-state index in [-0.39, 0.29) is 16.8 Å². The van der Waals surface area contributed by atoms with Gasteiger partial charge in [-0.25, -0.2) is 0 Å². The fourth-order valence-electron chi connectivity index (χ4n) is 2.02. The summed E-state index contributed by atoms with van der Waals surface area (Å²) in [5, 5.41) is 8.83. The van der Waals surface area contributed by atoms with Crippen LogP contribution in [0.25, 0.3) is 11.1 Å². The van der Waals surface area contributed by atoms with Crippen molar-refractivity contribution in [2.75, 3.05) is 0 Å². The second-order valence-electron chi connectivity index (χ2n) is 4.86. The highest BCUT2D eigenvalue weighted by molar-refractivity contribution is 5.75. The van der Waals surface area contributed by atoms with E-state index in [1.807, 2.05) is 0 Å². The monoisotopic (exact) mass is 365 g/mol. The van der Waals surface area contributed by atoms with E-state index in [0.717, 1.165) is 24.3 Å². The molecule has 10 heteroatoms. The summed E-state index contributed by atoms with van der Waals surface area (Å²) >= 11 is 0. The van der Waals surface area contributed by atoms with Gasteiger partial charge in [-0.1, -0.05) is 12.1 Å². The van der Waals surface area contributed by atoms with Gasteiger partial charge in [-0.05, 0) is 23.8 Å². The number of rotatable bonds is 4. The van der Waals surface area contributed by atoms with E-state index in [9.17, 15) is 31.1 Å². The number of hydrogen-bond acceptors (Lipinski definition) is 3. The molecule has 25 heavy (non-hydrogen) atoms. The molecule has 0 saturated heterocycles. The highest BCUT2D eigenvalue weighted by Crippen LogP contribution is 2.34. The first-order valence-corrected chi connectivity index (χ1v) is 6.60. The predicted octanol–water partition coefficient (Wildman–Crippen LogP) is 4.29. The number of alkyl halides is 6. The number of carboxylic acids is 1. The smallest absolute Gasteiger partial charge is 0.481 e. The summed E-state index contributed by atoms with van der Waals surface area (Å²) < 4.78 is 78.6. The number of aromatic nitrogens is 1. The van der Waals surface area contributed by atoms with Gasteiger partial charge in [-0.3, -0.25) is 9.78 Å². The third-order valence-corrected chi connectivity index (χ3v) is 3.02. The van der Waals surface area contributed by atoms with E-state index in [0.29, 0.717) is 12.3 Å². The molecule has 2 aromatic rings. The molecule has 0 amide bonds. The lowest BCUT2D eigenvalue weighted by Crippen LogP contribution is -2.17. The molecule has 0 unspecified atom stereocenters. The Morgan fingerprint density at radius 1 is 1.08 bits per heavy atom. The Labute approximate surface area is 136 Å². The lowest BCUT2D eigenvalue weighted by atomic mass is 10.00. The van der Waals surface area contributed by atoms with Gasteiger partial charge >= 0.3 is 18.5 Å². The highest BCUT2D eigenvalue weighted by atomic mass is 19.4. The molecular formula is C15H9F6NO3. The van der Waals surface area contributed by atoms with Gasteiger partial charge in [0.2, 0.25) is 0 Å². The standard InChI is InChI=1S/C15H9F6NO3/c16-14(17,18)9-5-11(12(22-7-9)6-13(23)24)8-1-3-10(4-2-8)25-15(19,20)21/h1-5,7H,6H2,(H,23,24). The van der Waals surface area contributed by atoms with Gasteiger partial charge in [0, 0.05) is 11.8 Å². The zero-order chi connectivity index (χ0) is 18.8. The van der Waals surface area contributed by atoms with E-state index < -0.39 is 36.2 Å². The van der Waals surface area contributed by atoms with E-state index in [2.05, 4.69) is 9.72 Å². The van der Waals surface area contributed by atoms with Crippen molar-refractivity contribution in [3.8, 4) is 16.9 Å². The molecule has 1 aromatic carbocycles. The number of aliphatic carboxylic acids is 1. The minimum Gasteiger partial charge on any atom is -0.481 e. The van der Waals surface area contributed by atoms with Crippen LogP contribution in [0.4, 0.5) is 26.3 Å². The van der Waals surface area contributed by atoms with Crippen LogP contribution in [0.15, 0.2) is 36.5 Å². The van der Waals surface area contributed by atoms with Crippen LogP contribution >= 0.6 is 0 Å². The molecule has 0 aliphatic heterocycles. The predicted molar refractivity (Wildman–Crippen MR) is 72.7 cm³/mol. The molecule has 0 saturated carbocycles. The van der Waals surface area contributed by atoms with Crippen LogP contribution in [0, 0.1) is 0 Å². The Morgan fingerprint density at radius 2 is 1.68 bits per heavy atom. The molecule has 0 fully saturated rings. The van der Waals surface area contributed by atoms with Crippen molar-refractivity contribution in [3.05, 3.63) is 47.8 Å². The van der Waals surface area contributed by atoms with Crippen molar-refractivity contribution < 1.29 is 41.0 Å². The van der Waals surface area contributed by atoms with E-state index >= 15 is 0 Å². The molecule has 0 spiro atoms. The Bertz CT molecular complexity index is 768. The molecule has 0 atom stereocenters. The van der Waals surface area contributed by atoms with Crippen LogP contribution in [0.2, 0.25) is 0 Å². The molecule has 1 N–H and O–H groups in total. The van der Waals surface area contributed by atoms with Crippen molar-refractivity contribution >= 4 is 5.97 Å². The number of halogens is 6. The number of carboxylic acid groups (broad SMARTS) is 1. The molecule has 2 rings (SSSR count). The zero-order valence-electron chi connectivity index (χ0n) is 12.1. The normalized spacial score (nSPS) is 12.1. The first-order valence-electron chi connectivity index (χ1n) is 6.60. The van der Waals surface area contributed by atoms with Gasteiger partial charge in [0.25, 0.3) is 0 Å². The molecule has 0 aliphatic rings. The minimum absolute atomic E-state index is 0.0735. The molecule has 4 nitrogen and oxygen atoms in total. The quantitative estimate of drug-likeness (QED) is 0.821. The second kappa shape index (κ2) is 6.61. The molecule has 0 radical (unpaired) electrons. The van der Waals surface area contributed by atoms with Crippen LogP contribution in [-0.4, -0.2) is 22.4 Å². The van der Waals surface area contributed by atoms with Crippen molar-refractivity contribution in [3.63, 3.8) is 0 Å². The SMILES string of the molecule is O=C(O)Cc1ncc(C(F)(F)F)cc1-c1ccc(OC(F)(F)F)cc1. The third kappa shape index (κ3) is 5.10. The van der Waals surface area contributed by atoms with Crippen LogP contribution in [0.1, 0.15) is 11.3 Å². The molecule has 1 heterocycles. The maximum atomic E-state index is 12.8. The Morgan fingerprint density at radius 3 is 2.16 bits per heavy atom. The Balaban J connectivity index is 2.46. The lowest BCUT2D eigenvalue weighted by Gasteiger charge is -2.13. The summed E-state index contributed by atoms with van der Waals surface area (Å²) in [5.41, 5.74) is -1.32. The summed E-state index contributed by atoms with van der Waals surface area (Å²) in [5.74, 6) is -1.87. The lowest BCUT2D eigenvalue weighted by molar-refractivity contribution is -0.274. The van der Waals surface area contributed by atoms with Crippen LogP contribution < -0.4 is 4.74 Å². The number of benzene rings is 1. The largest absolute Gasteiger partial charge is 0.573 e. The fourth-order valence-corrected chi connectivity index (χ4v) is 2.02. The van der Waals surface area contributed by atoms with E-state index in [1.54, 1.807) is 0 Å². The highest BCUT2D eigenvalue weighted by Gasteiger charge is 2.32. The maximum absolute atomic E-state index is 12.8. The minimum atomic E-state index is -4.91. The molecular weight excluding hydrogens is 356 g/mol. The molecule has 1 aromatic heterocycles. The van der Waals surface area contributed by atoms with Gasteiger partial charge in [-0.2, -0.15) is 13.2 Å². The van der Waals surface area contributed by atoms with Crippen LogP contribution in [0.3, 0.4) is 0 Å². The number of nitrogens with zero attached hydrogens (tertiary/aromatic N) is 1. The average molecular weight is 365 g/mol. The first-order chi connectivity index (χ1) is 11.5. The zero-order valence-corrected chi connectivity index (χ0v) is 12.1. The van der Waals surface area contributed by atoms with E-state index in [1.165, 1.54) is 0 Å². The van der Waals surface area contributed by atoms with Gasteiger partial charge in [0.05, 0.1) is 17.7 Å². The molecule has 0 aliphatic carbocycles. The number of hydrogen-bond donors (Lipinski definition) is 1. The number of pyridine rings is 1. The van der Waals surface area contributed by atoms with Crippen molar-refractivity contribution in [2.24, 2.45) is 0 Å². The van der Waals surface area contributed by atoms with E-state index in [4.69, 9.17) is 5.11 Å². The second-order valence-corrected chi connectivity index (χ2v) is 4.86. The fraction of sp³-hybridized carbons (Fsp3) is 0.200. The van der Waals surface area contributed by atoms with Gasteiger partial charge in [0.15, 0.2) is 0 Å². The summed E-state index contributed by atoms with van der Waals surface area (Å²) in [6.07, 6.45) is -9.76. The molecule has 0 bridgehead atoms. The summed E-state index contributed by atoms with van der Waals surface area (Å²) in [6.45, 7) is 0. The number of ether oxygens (including phenoxy) is 1. The Kier molecular flexibility index (Phi) is 4.91. The maximum Gasteiger partial charge on any atom is 0.573 e. The molecule has 134 valence electrons. The van der Waals surface area contributed by atoms with Crippen molar-refractivity contribution in [1.29, 1.82) is 0 Å². The summed E-state index contributed by atoms with van der Waals surface area (Å²) in [4.78, 5) is 14.4. The van der Waals surface area contributed by atoms with Gasteiger partial charge in [0.1, 0.15) is 5.75 Å². The van der Waals surface area contributed by atoms with Crippen LogP contribution in [-0.2, 0) is 17.4 Å². The van der Waals surface area contributed by atoms with Gasteiger partial charge < -0.3 is 9.84 Å². The summed E-state index contributed by atoms with van der Waals surface area (Å²) in [6, 6.07) is 4.69. The van der Waals surface area contributed by atoms with Crippen molar-refractivity contribution in [1.82, 2.24) is 4.98 Å². The van der Waals surface area contributed by atoms with Crippen LogP contribution in [0.5, 0.6) is 5.75 Å². The number of carbonyl (C=O) groups is 1. The Hall–Kier alpha value is -2.78. The first kappa shape index (κ1) is 18.6. The van der Waals surface area contributed by atoms with Gasteiger partial charge in [-0.15, -0.1) is 13.2 Å². The van der Waals surface area contributed by atoms with Crippen molar-refractivity contribution in [2.45, 2.75) is 19.0 Å². The summed E-state index contributed by atoms with van der Waals surface area (Å²) in [7, 11) is 0.